The lowest BCUT2D eigenvalue weighted by Crippen LogP contribution is -1.91. The van der Waals surface area contributed by atoms with Crippen molar-refractivity contribution in [2.75, 3.05) is 0 Å². The van der Waals surface area contributed by atoms with Crippen LogP contribution in [0.1, 0.15) is 11.1 Å². The third-order valence-corrected chi connectivity index (χ3v) is 4.42. The second-order valence-electron chi connectivity index (χ2n) is 7.43. The van der Waals surface area contributed by atoms with Crippen LogP contribution in [-0.4, -0.2) is 17.5 Å². The smallest absolute Gasteiger partial charge is 0.385 e. The molecular formula is C26H22N4O6S. The van der Waals surface area contributed by atoms with Gasteiger partial charge in [0.25, 0.3) is 0 Å². The molecular weight excluding hydrogens is 496 g/mol. The highest BCUT2D eigenvalue weighted by Gasteiger charge is 2.05. The maximum atomic E-state index is 8.53. The van der Waals surface area contributed by atoms with E-state index in [1.807, 2.05) is 62.4 Å². The van der Waals surface area contributed by atoms with E-state index in [4.69, 9.17) is 37.8 Å². The summed E-state index contributed by atoms with van der Waals surface area (Å²) in [6.07, 6.45) is 0. The fourth-order valence-electron chi connectivity index (χ4n) is 2.65. The van der Waals surface area contributed by atoms with E-state index in [0.29, 0.717) is 11.4 Å². The van der Waals surface area contributed by atoms with Crippen molar-refractivity contribution >= 4 is 21.8 Å². The zero-order chi connectivity index (χ0) is 27.3. The first kappa shape index (κ1) is 28.4. The quantitative estimate of drug-likeness (QED) is 0.156. The van der Waals surface area contributed by atoms with Crippen molar-refractivity contribution in [3.8, 4) is 23.0 Å². The Bertz CT molecular complexity index is 1350. The minimum Gasteiger partial charge on any atom is -0.759 e. The van der Waals surface area contributed by atoms with Crippen LogP contribution in [-0.2, 0) is 10.4 Å². The molecule has 10 nitrogen and oxygen atoms in total. The van der Waals surface area contributed by atoms with Crippen LogP contribution in [0.3, 0.4) is 0 Å². The molecule has 0 radical (unpaired) electrons. The van der Waals surface area contributed by atoms with Gasteiger partial charge in [0.2, 0.25) is 10.8 Å². The number of benzene rings is 4. The van der Waals surface area contributed by atoms with Crippen molar-refractivity contribution in [3.05, 3.63) is 118 Å². The number of hydrogen-bond donors (Lipinski definition) is 0. The standard InChI is InChI=1S/2C13H11N2O.H2O4S/c2*1-10-2-6-12(7-3-10)16-13-8-4-11(15-14)5-9-13;1-5(2,3)4/h2*2-9H,1H3;(H2,1,2,3,4)/q2*+1;/p-2. The monoisotopic (exact) mass is 518 g/mol. The molecule has 0 bridgehead atoms. The Hall–Kier alpha value is -4.81. The lowest BCUT2D eigenvalue weighted by molar-refractivity contribution is 0.352. The summed E-state index contributed by atoms with van der Waals surface area (Å²) < 4.78 is 45.3. The van der Waals surface area contributed by atoms with Gasteiger partial charge < -0.3 is 18.6 Å². The van der Waals surface area contributed by atoms with E-state index in [-0.39, 0.29) is 0 Å². The molecule has 188 valence electrons. The van der Waals surface area contributed by atoms with Gasteiger partial charge >= 0.3 is 11.4 Å². The number of nitrogens with zero attached hydrogens (tertiary/aromatic N) is 4. The van der Waals surface area contributed by atoms with Crippen LogP contribution in [0.15, 0.2) is 97.1 Å². The minimum absolute atomic E-state index is 0.510. The lowest BCUT2D eigenvalue weighted by atomic mass is 10.2. The van der Waals surface area contributed by atoms with Crippen molar-refractivity contribution < 1.29 is 27.0 Å². The topological polar surface area (TPSA) is 155 Å². The SMILES string of the molecule is Cc1ccc(Oc2ccc([N+]#N)cc2)cc1.Cc1ccc(Oc2ccc([N+]#N)cc2)cc1.O=S(=O)([O-])[O-]. The zero-order valence-electron chi connectivity index (χ0n) is 19.9. The highest BCUT2D eigenvalue weighted by Crippen LogP contribution is 2.25. The zero-order valence-corrected chi connectivity index (χ0v) is 20.7. The molecule has 0 aliphatic rings. The Morgan fingerprint density at radius 2 is 0.757 bits per heavy atom. The average Bonchev–Trinajstić information content (AvgIpc) is 2.87. The van der Waals surface area contributed by atoms with Gasteiger partial charge in [0.1, 0.15) is 23.0 Å². The summed E-state index contributed by atoms with van der Waals surface area (Å²) in [6, 6.07) is 29.4. The molecule has 0 amide bonds. The van der Waals surface area contributed by atoms with Gasteiger partial charge in [-0.2, -0.15) is 0 Å². The molecule has 0 aliphatic carbocycles. The molecule has 0 aromatic heterocycles. The largest absolute Gasteiger partial charge is 0.759 e. The van der Waals surface area contributed by atoms with Gasteiger partial charge in [0.05, 0.1) is 0 Å². The molecule has 0 fully saturated rings. The molecule has 0 saturated carbocycles. The van der Waals surface area contributed by atoms with E-state index in [9.17, 15) is 0 Å². The van der Waals surface area contributed by atoms with E-state index >= 15 is 0 Å². The molecule has 0 atom stereocenters. The van der Waals surface area contributed by atoms with Crippen LogP contribution in [0.25, 0.3) is 9.95 Å². The highest BCUT2D eigenvalue weighted by atomic mass is 32.3. The predicted molar refractivity (Wildman–Crippen MR) is 135 cm³/mol. The fraction of sp³-hybridized carbons (Fsp3) is 0.0769. The van der Waals surface area contributed by atoms with E-state index in [0.717, 1.165) is 23.0 Å². The average molecular weight is 519 g/mol. The molecule has 4 rings (SSSR count). The first-order chi connectivity index (χ1) is 17.6. The first-order valence-electron chi connectivity index (χ1n) is 10.6. The Morgan fingerprint density at radius 3 is 0.973 bits per heavy atom. The second-order valence-corrected chi connectivity index (χ2v) is 8.24. The van der Waals surface area contributed by atoms with Gasteiger partial charge in [0.15, 0.2) is 9.95 Å². The lowest BCUT2D eigenvalue weighted by Gasteiger charge is -2.06. The minimum atomic E-state index is -5.17. The van der Waals surface area contributed by atoms with Crippen LogP contribution in [0, 0.1) is 24.6 Å². The summed E-state index contributed by atoms with van der Waals surface area (Å²) in [5.41, 5.74) is 3.41. The first-order valence-corrected chi connectivity index (χ1v) is 11.9. The summed E-state index contributed by atoms with van der Waals surface area (Å²) >= 11 is 0. The fourth-order valence-corrected chi connectivity index (χ4v) is 2.65. The van der Waals surface area contributed by atoms with Gasteiger partial charge in [-0.3, -0.25) is 8.42 Å². The maximum Gasteiger partial charge on any atom is 0.385 e. The maximum absolute atomic E-state index is 8.53. The van der Waals surface area contributed by atoms with Gasteiger partial charge in [0, 0.05) is 34.7 Å². The molecule has 0 N–H and O–H groups in total. The molecule has 0 heterocycles. The number of ether oxygens (including phenoxy) is 2. The summed E-state index contributed by atoms with van der Waals surface area (Å²) in [7, 11) is -5.17. The van der Waals surface area contributed by atoms with Gasteiger partial charge in [-0.05, 0) is 62.4 Å². The van der Waals surface area contributed by atoms with Crippen molar-refractivity contribution in [1.82, 2.24) is 0 Å². The number of diazo groups is 2. The van der Waals surface area contributed by atoms with Gasteiger partial charge in [-0.25, -0.2) is 0 Å². The summed E-state index contributed by atoms with van der Waals surface area (Å²) in [5, 5.41) is 17.1. The molecule has 4 aromatic rings. The Balaban J connectivity index is 0.000000221. The third kappa shape index (κ3) is 11.9. The number of rotatable bonds is 4. The van der Waals surface area contributed by atoms with Crippen molar-refractivity contribution in [3.63, 3.8) is 0 Å². The highest BCUT2D eigenvalue weighted by molar-refractivity contribution is 7.79. The van der Waals surface area contributed by atoms with Crippen molar-refractivity contribution in [2.45, 2.75) is 13.8 Å². The predicted octanol–water partition coefficient (Wildman–Crippen LogP) is 7.21. The van der Waals surface area contributed by atoms with Gasteiger partial charge in [-0.15, -0.1) is 0 Å². The molecule has 0 saturated heterocycles. The summed E-state index contributed by atoms with van der Waals surface area (Å²) in [6.45, 7) is 4.06. The van der Waals surface area contributed by atoms with Crippen LogP contribution in [0.4, 0.5) is 11.4 Å². The summed E-state index contributed by atoms with van der Waals surface area (Å²) in [5.74, 6) is 3.02. The van der Waals surface area contributed by atoms with Crippen LogP contribution in [0.5, 0.6) is 23.0 Å². The van der Waals surface area contributed by atoms with Crippen LogP contribution in [0.2, 0.25) is 0 Å². The Morgan fingerprint density at radius 1 is 0.541 bits per heavy atom. The van der Waals surface area contributed by atoms with E-state index < -0.39 is 10.4 Å². The van der Waals surface area contributed by atoms with Crippen LogP contribution < -0.4 is 9.47 Å². The van der Waals surface area contributed by atoms with Crippen molar-refractivity contribution in [1.29, 1.82) is 10.8 Å². The Labute approximate surface area is 214 Å². The molecule has 4 aromatic carbocycles. The number of aryl methyl sites for hydroxylation is 2. The molecule has 0 unspecified atom stereocenters. The van der Waals surface area contributed by atoms with E-state index in [1.54, 1.807) is 48.5 Å². The molecule has 0 spiro atoms. The van der Waals surface area contributed by atoms with Gasteiger partial charge in [-0.1, -0.05) is 35.4 Å². The Kier molecular flexibility index (Phi) is 10.7. The van der Waals surface area contributed by atoms with Crippen molar-refractivity contribution in [2.24, 2.45) is 0 Å². The third-order valence-electron chi connectivity index (χ3n) is 4.42. The van der Waals surface area contributed by atoms with E-state index in [1.165, 1.54) is 11.1 Å². The second kappa shape index (κ2) is 13.9. The normalized spacial score (nSPS) is 9.78. The summed E-state index contributed by atoms with van der Waals surface area (Å²) in [4.78, 5) is 6.15. The van der Waals surface area contributed by atoms with E-state index in [2.05, 4.69) is 9.95 Å². The molecule has 37 heavy (non-hydrogen) atoms. The molecule has 11 heteroatoms. The van der Waals surface area contributed by atoms with Crippen LogP contribution >= 0.6 is 0 Å². The number of hydrogen-bond acceptors (Lipinski definition) is 8. The molecule has 0 aliphatic heterocycles.